The van der Waals surface area contributed by atoms with Gasteiger partial charge < -0.3 is 15.1 Å². The fourth-order valence-electron chi connectivity index (χ4n) is 2.17. The van der Waals surface area contributed by atoms with E-state index in [4.69, 9.17) is 0 Å². The first-order valence-electron chi connectivity index (χ1n) is 7.76. The van der Waals surface area contributed by atoms with E-state index >= 15 is 0 Å². The van der Waals surface area contributed by atoms with Crippen LogP contribution in [0.2, 0.25) is 0 Å². The molecule has 126 valence electrons. The monoisotopic (exact) mass is 311 g/mol. The normalized spacial score (nSPS) is 11.5. The summed E-state index contributed by atoms with van der Waals surface area (Å²) in [5.41, 5.74) is 0. The number of rotatable bonds is 10. The van der Waals surface area contributed by atoms with E-state index in [9.17, 15) is 14.4 Å². The Bertz CT molecular complexity index is 396. The molecular weight excluding hydrogens is 282 g/mol. The predicted molar refractivity (Wildman–Crippen MR) is 87.2 cm³/mol. The Labute approximate surface area is 133 Å². The molecule has 1 N–H and O–H groups in total. The van der Waals surface area contributed by atoms with Crippen LogP contribution in [0.5, 0.6) is 0 Å². The van der Waals surface area contributed by atoms with Crippen molar-refractivity contribution < 1.29 is 14.4 Å². The maximum Gasteiger partial charge on any atom is 0.246 e. The Morgan fingerprint density at radius 1 is 1.18 bits per heavy atom. The van der Waals surface area contributed by atoms with E-state index in [-0.39, 0.29) is 23.8 Å². The van der Waals surface area contributed by atoms with E-state index in [0.29, 0.717) is 32.6 Å². The molecular formula is C16H29N3O3. The highest BCUT2D eigenvalue weighted by Gasteiger charge is 2.16. The van der Waals surface area contributed by atoms with E-state index in [0.717, 1.165) is 6.42 Å². The lowest BCUT2D eigenvalue weighted by atomic mass is 10.2. The quantitative estimate of drug-likeness (QED) is 0.616. The molecule has 0 aliphatic carbocycles. The summed E-state index contributed by atoms with van der Waals surface area (Å²) in [7, 11) is 0. The van der Waals surface area contributed by atoms with Crippen molar-refractivity contribution in [3.8, 4) is 0 Å². The van der Waals surface area contributed by atoms with Crippen molar-refractivity contribution in [2.75, 3.05) is 26.2 Å². The van der Waals surface area contributed by atoms with Gasteiger partial charge in [0, 0.05) is 46.1 Å². The topological polar surface area (TPSA) is 69.7 Å². The minimum absolute atomic E-state index is 0.0502. The molecule has 6 nitrogen and oxygen atoms in total. The Morgan fingerprint density at radius 3 is 2.27 bits per heavy atom. The first-order valence-corrected chi connectivity index (χ1v) is 7.76. The zero-order chi connectivity index (χ0) is 17.1. The van der Waals surface area contributed by atoms with E-state index in [1.54, 1.807) is 11.8 Å². The summed E-state index contributed by atoms with van der Waals surface area (Å²) in [6.45, 7) is 12.6. The third-order valence-electron chi connectivity index (χ3n) is 3.60. The van der Waals surface area contributed by atoms with E-state index in [2.05, 4.69) is 11.9 Å². The van der Waals surface area contributed by atoms with Gasteiger partial charge in [0.15, 0.2) is 0 Å². The third-order valence-corrected chi connectivity index (χ3v) is 3.60. The summed E-state index contributed by atoms with van der Waals surface area (Å²) in [6.07, 6.45) is 2.87. The molecule has 0 radical (unpaired) electrons. The van der Waals surface area contributed by atoms with Crippen molar-refractivity contribution in [2.45, 2.75) is 46.6 Å². The van der Waals surface area contributed by atoms with Crippen LogP contribution < -0.4 is 5.32 Å². The van der Waals surface area contributed by atoms with Crippen molar-refractivity contribution in [2.24, 2.45) is 0 Å². The number of nitrogens with one attached hydrogen (secondary N) is 1. The molecule has 3 amide bonds. The van der Waals surface area contributed by atoms with Crippen LogP contribution in [0.3, 0.4) is 0 Å². The molecule has 0 rings (SSSR count). The van der Waals surface area contributed by atoms with Gasteiger partial charge >= 0.3 is 0 Å². The molecule has 0 saturated heterocycles. The van der Waals surface area contributed by atoms with Crippen molar-refractivity contribution in [1.29, 1.82) is 0 Å². The average Bonchev–Trinajstić information content (AvgIpc) is 2.47. The van der Waals surface area contributed by atoms with Crippen LogP contribution in [0.25, 0.3) is 0 Å². The number of amides is 3. The first-order chi connectivity index (χ1) is 10.3. The Morgan fingerprint density at radius 2 is 1.82 bits per heavy atom. The first kappa shape index (κ1) is 20.1. The van der Waals surface area contributed by atoms with E-state index in [1.165, 1.54) is 13.0 Å². The van der Waals surface area contributed by atoms with Gasteiger partial charge in [-0.3, -0.25) is 14.4 Å². The fraction of sp³-hybridized carbons (Fsp3) is 0.688. The van der Waals surface area contributed by atoms with Crippen LogP contribution in [0.15, 0.2) is 12.7 Å². The van der Waals surface area contributed by atoms with Gasteiger partial charge in [-0.25, -0.2) is 0 Å². The van der Waals surface area contributed by atoms with Gasteiger partial charge in [-0.2, -0.15) is 0 Å². The fourth-order valence-corrected chi connectivity index (χ4v) is 2.17. The van der Waals surface area contributed by atoms with Crippen LogP contribution >= 0.6 is 0 Å². The van der Waals surface area contributed by atoms with Crippen molar-refractivity contribution in [3.05, 3.63) is 12.7 Å². The molecule has 0 spiro atoms. The zero-order valence-corrected chi connectivity index (χ0v) is 14.2. The average molecular weight is 311 g/mol. The Kier molecular flexibility index (Phi) is 9.91. The lowest BCUT2D eigenvalue weighted by Gasteiger charge is -2.29. The highest BCUT2D eigenvalue weighted by Crippen LogP contribution is 2.06. The molecule has 0 unspecified atom stereocenters. The molecule has 1 atom stereocenters. The smallest absolute Gasteiger partial charge is 0.246 e. The number of carbonyl (C=O) groups excluding carboxylic acids is 3. The predicted octanol–water partition coefficient (Wildman–Crippen LogP) is 1.17. The summed E-state index contributed by atoms with van der Waals surface area (Å²) >= 11 is 0. The van der Waals surface area contributed by atoms with Gasteiger partial charge in [-0.05, 0) is 25.8 Å². The van der Waals surface area contributed by atoms with Gasteiger partial charge in [0.1, 0.15) is 0 Å². The number of carbonyl (C=O) groups is 3. The Hall–Kier alpha value is -1.85. The second-order valence-electron chi connectivity index (χ2n) is 5.34. The minimum Gasteiger partial charge on any atom is -0.355 e. The van der Waals surface area contributed by atoms with Crippen molar-refractivity contribution >= 4 is 17.7 Å². The van der Waals surface area contributed by atoms with Crippen LogP contribution in [-0.2, 0) is 14.4 Å². The second-order valence-corrected chi connectivity index (χ2v) is 5.34. The molecule has 0 saturated carbocycles. The second kappa shape index (κ2) is 10.8. The largest absolute Gasteiger partial charge is 0.355 e. The highest BCUT2D eigenvalue weighted by molar-refractivity contribution is 5.87. The van der Waals surface area contributed by atoms with Gasteiger partial charge in [0.2, 0.25) is 17.7 Å². The summed E-state index contributed by atoms with van der Waals surface area (Å²) < 4.78 is 0. The Balaban J connectivity index is 4.42. The molecule has 0 aliphatic heterocycles. The van der Waals surface area contributed by atoms with Gasteiger partial charge in [0.05, 0.1) is 0 Å². The van der Waals surface area contributed by atoms with E-state index < -0.39 is 0 Å². The molecule has 0 aromatic carbocycles. The summed E-state index contributed by atoms with van der Waals surface area (Å²) in [4.78, 5) is 37.8. The zero-order valence-electron chi connectivity index (χ0n) is 14.2. The minimum atomic E-state index is -0.164. The molecule has 0 aliphatic rings. The van der Waals surface area contributed by atoms with Crippen molar-refractivity contribution in [1.82, 2.24) is 15.1 Å². The number of hydrogen-bond acceptors (Lipinski definition) is 3. The van der Waals surface area contributed by atoms with Crippen LogP contribution in [0.1, 0.15) is 40.5 Å². The molecule has 0 bridgehead atoms. The van der Waals surface area contributed by atoms with Gasteiger partial charge in [0.25, 0.3) is 0 Å². The standard InChI is InChI=1S/C16H29N3O3/c1-6-13(3)19(15(5)21)11-8-10-18(16(22)7-2)12-9-17-14(4)20/h7,13H,2,6,8-12H2,1,3-5H3,(H,17,20)/t13-/m1/s1. The van der Waals surface area contributed by atoms with Crippen molar-refractivity contribution in [3.63, 3.8) is 0 Å². The van der Waals surface area contributed by atoms with E-state index in [1.807, 2.05) is 18.7 Å². The highest BCUT2D eigenvalue weighted by atomic mass is 16.2. The maximum absolute atomic E-state index is 11.8. The number of nitrogens with zero attached hydrogens (tertiary/aromatic N) is 2. The van der Waals surface area contributed by atoms with Crippen LogP contribution in [-0.4, -0.2) is 59.7 Å². The summed E-state index contributed by atoms with van der Waals surface area (Å²) in [5, 5.41) is 2.67. The summed E-state index contributed by atoms with van der Waals surface area (Å²) in [6, 6.07) is 0.195. The third kappa shape index (κ3) is 7.81. The van der Waals surface area contributed by atoms with Gasteiger partial charge in [-0.1, -0.05) is 13.5 Å². The SMILES string of the molecule is C=CC(=O)N(CCCN(C(C)=O)[C@H](C)CC)CCNC(C)=O. The molecule has 0 fully saturated rings. The lowest BCUT2D eigenvalue weighted by molar-refractivity contribution is -0.131. The molecule has 22 heavy (non-hydrogen) atoms. The maximum atomic E-state index is 11.8. The van der Waals surface area contributed by atoms with Crippen LogP contribution in [0.4, 0.5) is 0 Å². The molecule has 0 heterocycles. The number of hydrogen-bond donors (Lipinski definition) is 1. The molecule has 0 aromatic rings. The summed E-state index contributed by atoms with van der Waals surface area (Å²) in [5.74, 6) is -0.233. The van der Waals surface area contributed by atoms with Gasteiger partial charge in [-0.15, -0.1) is 0 Å². The van der Waals surface area contributed by atoms with Crippen LogP contribution in [0, 0.1) is 0 Å². The molecule has 6 heteroatoms. The lowest BCUT2D eigenvalue weighted by Crippen LogP contribution is -2.41. The molecule has 0 aromatic heterocycles.